The summed E-state index contributed by atoms with van der Waals surface area (Å²) in [6.07, 6.45) is 4.25. The topological polar surface area (TPSA) is 65.5 Å². The molecule has 6 nitrogen and oxygen atoms in total. The van der Waals surface area contributed by atoms with E-state index in [9.17, 15) is 9.59 Å². The van der Waals surface area contributed by atoms with Crippen molar-refractivity contribution < 1.29 is 9.59 Å². The van der Waals surface area contributed by atoms with Crippen LogP contribution in [0.15, 0.2) is 79.0 Å². The number of carbonyl (C=O) groups is 2. The number of aryl methyl sites for hydroxylation is 1. The number of anilines is 1. The summed E-state index contributed by atoms with van der Waals surface area (Å²) in [6, 6.07) is 24.2. The molecule has 0 radical (unpaired) electrons. The van der Waals surface area contributed by atoms with Crippen LogP contribution in [0.1, 0.15) is 54.1 Å². The van der Waals surface area contributed by atoms with Crippen molar-refractivity contribution >= 4 is 17.6 Å². The number of piperazine rings is 1. The second-order valence-corrected chi connectivity index (χ2v) is 9.49. The first-order valence-electron chi connectivity index (χ1n) is 12.9. The molecule has 2 amide bonds. The fraction of sp³-hybridized carbons (Fsp3) is 0.367. The zero-order valence-corrected chi connectivity index (χ0v) is 21.3. The molecule has 2 heterocycles. The zero-order valence-electron chi connectivity index (χ0n) is 21.3. The Bertz CT molecular complexity index is 1110. The summed E-state index contributed by atoms with van der Waals surface area (Å²) < 4.78 is 0. The first-order valence-corrected chi connectivity index (χ1v) is 12.9. The molecule has 1 fully saturated rings. The fourth-order valence-electron chi connectivity index (χ4n) is 4.73. The minimum atomic E-state index is -0.100. The maximum Gasteiger partial charge on any atom is 0.253 e. The third-order valence-corrected chi connectivity index (χ3v) is 6.92. The quantitative estimate of drug-likeness (QED) is 0.479. The number of hydrogen-bond donors (Lipinski definition) is 1. The zero-order chi connectivity index (χ0) is 25.3. The molecule has 2 aromatic carbocycles. The van der Waals surface area contributed by atoms with E-state index in [4.69, 9.17) is 0 Å². The number of nitrogens with one attached hydrogen (secondary N) is 1. The number of hydrogen-bond acceptors (Lipinski definition) is 4. The van der Waals surface area contributed by atoms with Gasteiger partial charge in [-0.25, -0.2) is 4.98 Å². The molecule has 36 heavy (non-hydrogen) atoms. The smallest absolute Gasteiger partial charge is 0.253 e. The first-order chi connectivity index (χ1) is 17.5. The highest BCUT2D eigenvalue weighted by atomic mass is 16.2. The minimum Gasteiger partial charge on any atom is -0.353 e. The van der Waals surface area contributed by atoms with Crippen molar-refractivity contribution in [3.63, 3.8) is 0 Å². The summed E-state index contributed by atoms with van der Waals surface area (Å²) in [7, 11) is 0. The maximum atomic E-state index is 13.2. The summed E-state index contributed by atoms with van der Waals surface area (Å²) in [5, 5.41) is 3.08. The van der Waals surface area contributed by atoms with E-state index in [0.717, 1.165) is 43.7 Å². The van der Waals surface area contributed by atoms with Gasteiger partial charge < -0.3 is 15.1 Å². The van der Waals surface area contributed by atoms with E-state index >= 15 is 0 Å². The molecule has 2 atom stereocenters. The molecular formula is C30H36N4O2. The van der Waals surface area contributed by atoms with E-state index in [1.54, 1.807) is 6.20 Å². The number of rotatable bonds is 9. The third-order valence-electron chi connectivity index (χ3n) is 6.92. The monoisotopic (exact) mass is 484 g/mol. The normalized spacial score (nSPS) is 15.3. The molecule has 4 rings (SSSR count). The number of amides is 2. The Hall–Kier alpha value is -3.67. The second-order valence-electron chi connectivity index (χ2n) is 9.49. The van der Waals surface area contributed by atoms with E-state index in [2.05, 4.69) is 34.3 Å². The highest BCUT2D eigenvalue weighted by molar-refractivity contribution is 5.94. The van der Waals surface area contributed by atoms with Crippen molar-refractivity contribution in [1.82, 2.24) is 15.2 Å². The Labute approximate surface area is 214 Å². The molecular weight excluding hydrogens is 448 g/mol. The first kappa shape index (κ1) is 25.4. The van der Waals surface area contributed by atoms with Crippen LogP contribution in [0.5, 0.6) is 0 Å². The number of carbonyl (C=O) groups excluding carboxylic acids is 2. The molecule has 3 aromatic rings. The van der Waals surface area contributed by atoms with Crippen molar-refractivity contribution in [3.8, 4) is 0 Å². The van der Waals surface area contributed by atoms with Gasteiger partial charge in [-0.15, -0.1) is 0 Å². The van der Waals surface area contributed by atoms with Crippen LogP contribution in [0.2, 0.25) is 0 Å². The Balaban J connectivity index is 1.26. The van der Waals surface area contributed by atoms with Crippen LogP contribution in [0.25, 0.3) is 0 Å². The SMILES string of the molecule is CCC(C(=O)N1CCN(c2ccc(C(=O)NC(C)CCc3ccccc3)cn2)CC1)c1ccccc1. The van der Waals surface area contributed by atoms with Gasteiger partial charge >= 0.3 is 0 Å². The Kier molecular flexibility index (Phi) is 8.71. The summed E-state index contributed by atoms with van der Waals surface area (Å²) in [6.45, 7) is 6.90. The Morgan fingerprint density at radius 3 is 2.19 bits per heavy atom. The Morgan fingerprint density at radius 2 is 1.58 bits per heavy atom. The van der Waals surface area contributed by atoms with Gasteiger partial charge in [-0.05, 0) is 49.4 Å². The van der Waals surface area contributed by atoms with Gasteiger partial charge in [-0.1, -0.05) is 67.6 Å². The molecule has 188 valence electrons. The highest BCUT2D eigenvalue weighted by Gasteiger charge is 2.28. The van der Waals surface area contributed by atoms with Crippen molar-refractivity contribution in [2.45, 2.75) is 45.1 Å². The van der Waals surface area contributed by atoms with Gasteiger partial charge in [0.25, 0.3) is 5.91 Å². The van der Waals surface area contributed by atoms with Crippen LogP contribution in [0.3, 0.4) is 0 Å². The predicted molar refractivity (Wildman–Crippen MR) is 144 cm³/mol. The lowest BCUT2D eigenvalue weighted by atomic mass is 9.95. The molecule has 0 aliphatic carbocycles. The van der Waals surface area contributed by atoms with Gasteiger partial charge in [0.1, 0.15) is 5.82 Å². The summed E-state index contributed by atoms with van der Waals surface area (Å²) >= 11 is 0. The largest absolute Gasteiger partial charge is 0.353 e. The lowest BCUT2D eigenvalue weighted by molar-refractivity contribution is -0.133. The van der Waals surface area contributed by atoms with Crippen molar-refractivity contribution in [3.05, 3.63) is 95.7 Å². The fourth-order valence-corrected chi connectivity index (χ4v) is 4.73. The highest BCUT2D eigenvalue weighted by Crippen LogP contribution is 2.23. The average Bonchev–Trinajstić information content (AvgIpc) is 2.93. The van der Waals surface area contributed by atoms with Gasteiger partial charge in [-0.2, -0.15) is 0 Å². The van der Waals surface area contributed by atoms with Gasteiger partial charge in [0, 0.05) is 38.4 Å². The predicted octanol–water partition coefficient (Wildman–Crippen LogP) is 4.68. The van der Waals surface area contributed by atoms with E-state index in [0.29, 0.717) is 18.7 Å². The van der Waals surface area contributed by atoms with Crippen LogP contribution in [0.4, 0.5) is 5.82 Å². The second kappa shape index (κ2) is 12.3. The maximum absolute atomic E-state index is 13.2. The Morgan fingerprint density at radius 1 is 0.917 bits per heavy atom. The van der Waals surface area contributed by atoms with Gasteiger partial charge in [0.15, 0.2) is 0 Å². The number of aromatic nitrogens is 1. The van der Waals surface area contributed by atoms with Gasteiger partial charge in [0.05, 0.1) is 11.5 Å². The standard InChI is InChI=1S/C30H36N4O2/c1-3-27(25-12-8-5-9-13-25)30(36)34-20-18-33(19-21-34)28-17-16-26(22-31-28)29(35)32-23(2)14-15-24-10-6-4-7-11-24/h4-13,16-17,22-23,27H,3,14-15,18-21H2,1-2H3,(H,32,35). The molecule has 0 saturated carbocycles. The number of pyridine rings is 1. The van der Waals surface area contributed by atoms with Crippen LogP contribution in [-0.2, 0) is 11.2 Å². The molecule has 1 aromatic heterocycles. The summed E-state index contributed by atoms with van der Waals surface area (Å²) in [5.41, 5.74) is 2.92. The molecule has 1 saturated heterocycles. The van der Waals surface area contributed by atoms with Crippen LogP contribution >= 0.6 is 0 Å². The lowest BCUT2D eigenvalue weighted by Crippen LogP contribution is -2.50. The summed E-state index contributed by atoms with van der Waals surface area (Å²) in [4.78, 5) is 34.5. The van der Waals surface area contributed by atoms with E-state index in [1.807, 2.05) is 72.5 Å². The third kappa shape index (κ3) is 6.51. The molecule has 0 spiro atoms. The summed E-state index contributed by atoms with van der Waals surface area (Å²) in [5.74, 6) is 0.843. The molecule has 1 aliphatic heterocycles. The number of benzene rings is 2. The molecule has 0 bridgehead atoms. The van der Waals surface area contributed by atoms with Crippen LogP contribution < -0.4 is 10.2 Å². The molecule has 1 N–H and O–H groups in total. The molecule has 2 unspecified atom stereocenters. The van der Waals surface area contributed by atoms with Gasteiger partial charge in [0.2, 0.25) is 5.91 Å². The number of nitrogens with zero attached hydrogens (tertiary/aromatic N) is 3. The average molecular weight is 485 g/mol. The lowest BCUT2D eigenvalue weighted by Gasteiger charge is -2.37. The van der Waals surface area contributed by atoms with Crippen molar-refractivity contribution in [2.24, 2.45) is 0 Å². The van der Waals surface area contributed by atoms with Crippen LogP contribution in [0, 0.1) is 0 Å². The van der Waals surface area contributed by atoms with E-state index in [-0.39, 0.29) is 23.8 Å². The minimum absolute atomic E-state index is 0.0748. The molecule has 1 aliphatic rings. The van der Waals surface area contributed by atoms with Crippen molar-refractivity contribution in [2.75, 3.05) is 31.1 Å². The van der Waals surface area contributed by atoms with E-state index < -0.39 is 0 Å². The van der Waals surface area contributed by atoms with Crippen LogP contribution in [-0.4, -0.2) is 53.9 Å². The van der Waals surface area contributed by atoms with Crippen molar-refractivity contribution in [1.29, 1.82) is 0 Å². The van der Waals surface area contributed by atoms with E-state index in [1.165, 1.54) is 5.56 Å². The van der Waals surface area contributed by atoms with Gasteiger partial charge in [-0.3, -0.25) is 9.59 Å². The molecule has 6 heteroatoms.